The molecule has 0 radical (unpaired) electrons. The van der Waals surface area contributed by atoms with E-state index in [0.29, 0.717) is 25.9 Å². The van der Waals surface area contributed by atoms with Gasteiger partial charge in [0.1, 0.15) is 25.3 Å². The molecule has 272 valence electrons. The molecule has 0 saturated carbocycles. The smallest absolute Gasteiger partial charge is 0.407 e. The highest BCUT2D eigenvalue weighted by Crippen LogP contribution is 2.07. The molecule has 0 aliphatic rings. The van der Waals surface area contributed by atoms with Crippen molar-refractivity contribution in [2.24, 2.45) is 0 Å². The van der Waals surface area contributed by atoms with Gasteiger partial charge in [-0.15, -0.1) is 0 Å². The number of carbonyl (C=O) groups excluding carboxylic acids is 5. The van der Waals surface area contributed by atoms with Crippen molar-refractivity contribution >= 4 is 29.9 Å². The van der Waals surface area contributed by atoms with Gasteiger partial charge in [-0.05, 0) is 50.8 Å². The number of hydrogen-bond acceptors (Lipinski definition) is 10. The van der Waals surface area contributed by atoms with Gasteiger partial charge in [0.05, 0.1) is 19.8 Å². The Morgan fingerprint density at radius 1 is 0.688 bits per heavy atom. The number of amides is 5. The van der Waals surface area contributed by atoms with Crippen LogP contribution in [0.3, 0.4) is 0 Å². The van der Waals surface area contributed by atoms with Crippen molar-refractivity contribution in [2.45, 2.75) is 64.5 Å². The highest BCUT2D eigenvalue weighted by Gasteiger charge is 2.27. The maximum atomic E-state index is 13.5. The monoisotopic (exact) mass is 680 g/mol. The first kappa shape index (κ1) is 42.1. The second-order valence-corrected chi connectivity index (χ2v) is 11.0. The van der Waals surface area contributed by atoms with Crippen LogP contribution in [0.4, 0.5) is 9.59 Å². The maximum absolute atomic E-state index is 13.5. The van der Waals surface area contributed by atoms with Gasteiger partial charge >= 0.3 is 12.2 Å². The predicted octanol–water partition coefficient (Wildman–Crippen LogP) is 1.35. The molecule has 1 aromatic carbocycles. The summed E-state index contributed by atoms with van der Waals surface area (Å²) in [4.78, 5) is 65.8. The number of rotatable bonds is 26. The lowest BCUT2D eigenvalue weighted by Gasteiger charge is -2.23. The molecule has 1 rings (SSSR count). The summed E-state index contributed by atoms with van der Waals surface area (Å²) in [7, 11) is 2.97. The minimum atomic E-state index is -1.04. The Kier molecular flexibility index (Phi) is 23.7. The van der Waals surface area contributed by atoms with E-state index >= 15 is 0 Å². The van der Waals surface area contributed by atoms with Crippen molar-refractivity contribution in [1.29, 1.82) is 0 Å². The molecule has 0 saturated heterocycles. The summed E-state index contributed by atoms with van der Waals surface area (Å²) in [5.41, 5.74) is 0.793. The average Bonchev–Trinajstić information content (AvgIpc) is 3.07. The molecule has 0 spiro atoms. The van der Waals surface area contributed by atoms with Gasteiger partial charge in [0.2, 0.25) is 17.7 Å². The second kappa shape index (κ2) is 27.0. The van der Waals surface area contributed by atoms with E-state index in [-0.39, 0.29) is 58.3 Å². The number of hydrogen-bond donors (Lipinski definition) is 5. The summed E-state index contributed by atoms with van der Waals surface area (Å²) in [6, 6.07) is 7.06. The van der Waals surface area contributed by atoms with Crippen molar-refractivity contribution in [1.82, 2.24) is 31.5 Å². The number of alkyl carbamates (subject to hydrolysis) is 2. The van der Waals surface area contributed by atoms with E-state index in [1.165, 1.54) is 14.2 Å². The van der Waals surface area contributed by atoms with E-state index in [4.69, 9.17) is 18.9 Å². The molecular formula is C33H56N6O9. The van der Waals surface area contributed by atoms with Crippen LogP contribution >= 0.6 is 0 Å². The van der Waals surface area contributed by atoms with Crippen molar-refractivity contribution < 1.29 is 42.9 Å². The zero-order valence-corrected chi connectivity index (χ0v) is 29.0. The molecule has 0 aliphatic carbocycles. The lowest BCUT2D eigenvalue weighted by Crippen LogP contribution is -2.55. The van der Waals surface area contributed by atoms with E-state index < -0.39 is 36.1 Å². The van der Waals surface area contributed by atoms with Gasteiger partial charge in [0.25, 0.3) is 0 Å². The van der Waals surface area contributed by atoms with E-state index in [2.05, 4.69) is 45.3 Å². The first-order chi connectivity index (χ1) is 23.2. The third-order valence-corrected chi connectivity index (χ3v) is 7.01. The van der Waals surface area contributed by atoms with Crippen molar-refractivity contribution in [3.05, 3.63) is 35.9 Å². The highest BCUT2D eigenvalue weighted by molar-refractivity contribution is 5.93. The molecule has 0 fully saturated rings. The van der Waals surface area contributed by atoms with Crippen LogP contribution in [-0.4, -0.2) is 127 Å². The fourth-order valence-corrected chi connectivity index (χ4v) is 4.61. The highest BCUT2D eigenvalue weighted by atomic mass is 16.6. The minimum absolute atomic E-state index is 0.0118. The topological polar surface area (TPSA) is 186 Å². The molecule has 48 heavy (non-hydrogen) atoms. The van der Waals surface area contributed by atoms with Crippen molar-refractivity contribution in [3.8, 4) is 0 Å². The summed E-state index contributed by atoms with van der Waals surface area (Å²) in [6.45, 7) is 7.89. The quantitative estimate of drug-likeness (QED) is 0.0895. The van der Waals surface area contributed by atoms with Gasteiger partial charge in [-0.1, -0.05) is 44.2 Å². The Morgan fingerprint density at radius 3 is 1.96 bits per heavy atom. The Hall–Kier alpha value is -3.95. The maximum Gasteiger partial charge on any atom is 0.407 e. The Labute approximate surface area is 284 Å². The summed E-state index contributed by atoms with van der Waals surface area (Å²) < 4.78 is 19.8. The lowest BCUT2D eigenvalue weighted by molar-refractivity contribution is -0.131. The van der Waals surface area contributed by atoms with Crippen LogP contribution in [0.25, 0.3) is 0 Å². The molecule has 2 atom stereocenters. The minimum Gasteiger partial charge on any atom is -0.447 e. The third kappa shape index (κ3) is 20.3. The number of benzene rings is 1. The van der Waals surface area contributed by atoms with Crippen LogP contribution in [0.2, 0.25) is 0 Å². The van der Waals surface area contributed by atoms with Crippen LogP contribution in [0, 0.1) is 0 Å². The van der Waals surface area contributed by atoms with Gasteiger partial charge in [-0.3, -0.25) is 14.4 Å². The molecule has 5 N–H and O–H groups in total. The van der Waals surface area contributed by atoms with Crippen molar-refractivity contribution in [2.75, 3.05) is 79.9 Å². The largest absolute Gasteiger partial charge is 0.447 e. The summed E-state index contributed by atoms with van der Waals surface area (Å²) in [5.74, 6) is -1.48. The van der Waals surface area contributed by atoms with E-state index in [0.717, 1.165) is 31.5 Å². The second-order valence-electron chi connectivity index (χ2n) is 11.0. The summed E-state index contributed by atoms with van der Waals surface area (Å²) in [6.07, 6.45) is 1.92. The summed E-state index contributed by atoms with van der Waals surface area (Å²) in [5, 5.41) is 13.4. The molecule has 0 aromatic heterocycles. The van der Waals surface area contributed by atoms with Crippen LogP contribution in [-0.2, 0) is 39.8 Å². The van der Waals surface area contributed by atoms with Crippen LogP contribution in [0.1, 0.15) is 51.5 Å². The molecule has 0 heterocycles. The van der Waals surface area contributed by atoms with Crippen molar-refractivity contribution in [3.63, 3.8) is 0 Å². The molecule has 0 bridgehead atoms. The number of methoxy groups -OCH3 is 2. The van der Waals surface area contributed by atoms with Crippen LogP contribution in [0.5, 0.6) is 0 Å². The zero-order chi connectivity index (χ0) is 35.4. The molecule has 1 aromatic rings. The molecule has 15 nitrogen and oxygen atoms in total. The first-order valence-corrected chi connectivity index (χ1v) is 16.7. The number of ether oxygens (including phenoxy) is 4. The van der Waals surface area contributed by atoms with Gasteiger partial charge in [0, 0.05) is 40.3 Å². The van der Waals surface area contributed by atoms with E-state index in [1.54, 1.807) is 0 Å². The fourth-order valence-electron chi connectivity index (χ4n) is 4.61. The Balaban J connectivity index is 2.85. The molecule has 0 aliphatic heterocycles. The molecule has 15 heteroatoms. The predicted molar refractivity (Wildman–Crippen MR) is 180 cm³/mol. The van der Waals surface area contributed by atoms with Crippen LogP contribution in [0.15, 0.2) is 30.3 Å². The van der Waals surface area contributed by atoms with E-state index in [1.807, 2.05) is 30.3 Å². The fraction of sp³-hybridized carbons (Fsp3) is 0.667. The van der Waals surface area contributed by atoms with Gasteiger partial charge in [-0.2, -0.15) is 0 Å². The summed E-state index contributed by atoms with van der Waals surface area (Å²) >= 11 is 0. The van der Waals surface area contributed by atoms with Crippen LogP contribution < -0.4 is 26.6 Å². The zero-order valence-electron chi connectivity index (χ0n) is 29.0. The first-order valence-electron chi connectivity index (χ1n) is 16.7. The van der Waals surface area contributed by atoms with E-state index in [9.17, 15) is 24.0 Å². The number of nitrogens with zero attached hydrogens (tertiary/aromatic N) is 1. The van der Waals surface area contributed by atoms with Gasteiger partial charge < -0.3 is 50.4 Å². The number of nitrogens with one attached hydrogen (secondary N) is 5. The number of unbranched alkanes of at least 4 members (excludes halogenated alkanes) is 1. The molecule has 5 amide bonds. The molecule has 2 unspecified atom stereocenters. The van der Waals surface area contributed by atoms with Gasteiger partial charge in [-0.25, -0.2) is 9.59 Å². The number of carbonyl (C=O) groups is 5. The Bertz CT molecular complexity index is 1060. The normalized spacial score (nSPS) is 12.0. The standard InChI is InChI=1S/C33H56N6O9/c1-5-17-39(18-6-2)19-16-34-29(40)25-36-30(41)28(24-26-12-8-7-9-13-26)37-31(42)27(38-33(44)48-23-21-46-4)14-10-11-15-35-32(43)47-22-20-45-3/h7-9,12-13,27-28H,5-6,10-11,14-25H2,1-4H3,(H,34,40)(H,35,43)(H,36,41)(H,37,42)(H,38,44). The Morgan fingerprint density at radius 2 is 1.33 bits per heavy atom. The van der Waals surface area contributed by atoms with Gasteiger partial charge in [0.15, 0.2) is 0 Å². The average molecular weight is 681 g/mol. The lowest BCUT2D eigenvalue weighted by atomic mass is 10.0. The third-order valence-electron chi connectivity index (χ3n) is 7.01. The SMILES string of the molecule is CCCN(CCC)CCNC(=O)CNC(=O)C(Cc1ccccc1)NC(=O)C(CCCCNC(=O)OCCOC)NC(=O)OCCOC. The molecular weight excluding hydrogens is 624 g/mol.